The van der Waals surface area contributed by atoms with E-state index in [0.717, 1.165) is 43.7 Å². The van der Waals surface area contributed by atoms with E-state index in [1.165, 1.54) is 22.9 Å². The van der Waals surface area contributed by atoms with Crippen molar-refractivity contribution in [2.75, 3.05) is 32.7 Å². The minimum absolute atomic E-state index is 0.00756. The summed E-state index contributed by atoms with van der Waals surface area (Å²) < 4.78 is 17.5. The monoisotopic (exact) mass is 533 g/mol. The Morgan fingerprint density at radius 1 is 1.05 bits per heavy atom. The molecule has 4 heterocycles. The molecular weight excluding hydrogens is 497 g/mol. The van der Waals surface area contributed by atoms with E-state index in [9.17, 15) is 14.0 Å². The van der Waals surface area contributed by atoms with Gasteiger partial charge in [0.1, 0.15) is 11.6 Å². The minimum atomic E-state index is -0.404. The van der Waals surface area contributed by atoms with Crippen LogP contribution in [0.5, 0.6) is 0 Å². The van der Waals surface area contributed by atoms with Crippen molar-refractivity contribution in [3.05, 3.63) is 82.4 Å². The Balaban J connectivity index is 1.28. The van der Waals surface area contributed by atoms with Gasteiger partial charge in [0.25, 0.3) is 0 Å². The lowest BCUT2D eigenvalue weighted by molar-refractivity contribution is -0.138. The van der Waals surface area contributed by atoms with Gasteiger partial charge in [-0.2, -0.15) is 0 Å². The fraction of sp³-hybridized carbons (Fsp3) is 0.414. The molecule has 0 aliphatic carbocycles. The summed E-state index contributed by atoms with van der Waals surface area (Å²) in [4.78, 5) is 35.8. The van der Waals surface area contributed by atoms with Crippen LogP contribution >= 0.6 is 0 Å². The molecule has 10 heteroatoms. The molecule has 0 atom stereocenters. The molecule has 0 spiro atoms. The molecule has 2 aliphatic heterocycles. The summed E-state index contributed by atoms with van der Waals surface area (Å²) in [6.45, 7) is 5.43. The third-order valence-electron chi connectivity index (χ3n) is 7.95. The third-order valence-corrected chi connectivity index (χ3v) is 7.95. The summed E-state index contributed by atoms with van der Waals surface area (Å²) in [7, 11) is 0. The fourth-order valence-corrected chi connectivity index (χ4v) is 5.90. The number of carbonyl (C=O) groups excluding carboxylic acids is 1. The van der Waals surface area contributed by atoms with Crippen LogP contribution in [0, 0.1) is 18.7 Å². The van der Waals surface area contributed by atoms with Crippen molar-refractivity contribution in [3.8, 4) is 5.82 Å². The average molecular weight is 534 g/mol. The maximum Gasteiger partial charge on any atom is 0.335 e. The predicted molar refractivity (Wildman–Crippen MR) is 150 cm³/mol. The molecule has 9 nitrogen and oxygen atoms in total. The van der Waals surface area contributed by atoms with E-state index in [4.69, 9.17) is 11.5 Å². The predicted octanol–water partition coefficient (Wildman–Crippen LogP) is 2.83. The molecule has 39 heavy (non-hydrogen) atoms. The summed E-state index contributed by atoms with van der Waals surface area (Å²) in [5, 5.41) is 0. The van der Waals surface area contributed by atoms with Gasteiger partial charge in [-0.05, 0) is 94.0 Å². The molecule has 206 valence electrons. The zero-order chi connectivity index (χ0) is 27.5. The van der Waals surface area contributed by atoms with Gasteiger partial charge in [0.2, 0.25) is 5.91 Å². The third kappa shape index (κ3) is 5.47. The van der Waals surface area contributed by atoms with Crippen LogP contribution in [-0.4, -0.2) is 62.5 Å². The molecule has 3 aromatic rings. The number of nitrogens with zero attached hydrogens (tertiary/aromatic N) is 5. The second-order valence-electron chi connectivity index (χ2n) is 10.5. The zero-order valence-corrected chi connectivity index (χ0v) is 22.3. The molecule has 2 saturated heterocycles. The Bertz CT molecular complexity index is 1460. The Kier molecular flexibility index (Phi) is 7.83. The number of hydrogen-bond acceptors (Lipinski definition) is 6. The molecule has 5 rings (SSSR count). The number of aryl methyl sites for hydroxylation is 1. The van der Waals surface area contributed by atoms with E-state index >= 15 is 0 Å². The lowest BCUT2D eigenvalue weighted by Crippen LogP contribution is -2.46. The van der Waals surface area contributed by atoms with Gasteiger partial charge in [-0.25, -0.2) is 18.7 Å². The average Bonchev–Trinajstić information content (AvgIpc) is 3.23. The zero-order valence-electron chi connectivity index (χ0n) is 22.3. The van der Waals surface area contributed by atoms with E-state index in [0.29, 0.717) is 42.8 Å². The van der Waals surface area contributed by atoms with Crippen molar-refractivity contribution in [2.24, 2.45) is 17.4 Å². The van der Waals surface area contributed by atoms with Crippen LogP contribution in [0.4, 0.5) is 4.39 Å². The van der Waals surface area contributed by atoms with E-state index in [2.05, 4.69) is 9.88 Å². The highest BCUT2D eigenvalue weighted by molar-refractivity contribution is 5.79. The molecule has 0 bridgehead atoms. The van der Waals surface area contributed by atoms with E-state index in [1.54, 1.807) is 29.0 Å². The molecule has 1 amide bonds. The highest BCUT2D eigenvalue weighted by Crippen LogP contribution is 2.29. The van der Waals surface area contributed by atoms with Gasteiger partial charge < -0.3 is 16.4 Å². The van der Waals surface area contributed by atoms with Crippen LogP contribution in [0.15, 0.2) is 65.2 Å². The van der Waals surface area contributed by atoms with Crippen molar-refractivity contribution < 1.29 is 9.18 Å². The first-order chi connectivity index (χ1) is 18.9. The van der Waals surface area contributed by atoms with Crippen molar-refractivity contribution in [1.82, 2.24) is 23.9 Å². The second-order valence-corrected chi connectivity index (χ2v) is 10.5. The van der Waals surface area contributed by atoms with E-state index in [1.807, 2.05) is 24.0 Å². The Labute approximate surface area is 227 Å². The molecule has 2 aliphatic rings. The molecule has 4 N–H and O–H groups in total. The van der Waals surface area contributed by atoms with Gasteiger partial charge in [0.15, 0.2) is 0 Å². The summed E-state index contributed by atoms with van der Waals surface area (Å²) >= 11 is 0. The summed E-state index contributed by atoms with van der Waals surface area (Å²) in [6.07, 6.45) is 7.81. The van der Waals surface area contributed by atoms with Gasteiger partial charge in [-0.15, -0.1) is 0 Å². The molecule has 2 fully saturated rings. The first-order valence-corrected chi connectivity index (χ1v) is 13.6. The van der Waals surface area contributed by atoms with Crippen LogP contribution in [0.25, 0.3) is 16.9 Å². The van der Waals surface area contributed by atoms with Crippen molar-refractivity contribution in [1.29, 1.82) is 0 Å². The minimum Gasteiger partial charge on any atom is -0.405 e. The highest BCUT2D eigenvalue weighted by atomic mass is 19.1. The highest BCUT2D eigenvalue weighted by Gasteiger charge is 2.32. The lowest BCUT2D eigenvalue weighted by Gasteiger charge is -2.37. The summed E-state index contributed by atoms with van der Waals surface area (Å²) in [5.41, 5.74) is 13.9. The van der Waals surface area contributed by atoms with Crippen LogP contribution in [0.3, 0.4) is 0 Å². The topological polar surface area (TPSA) is 115 Å². The van der Waals surface area contributed by atoms with Gasteiger partial charge in [-0.3, -0.25) is 14.3 Å². The normalized spacial score (nSPS) is 18.4. The lowest BCUT2D eigenvalue weighted by atomic mass is 9.93. The number of carbonyl (C=O) groups is 1. The molecule has 1 aromatic carbocycles. The number of likely N-dealkylation sites (tertiary alicyclic amines) is 2. The molecule has 0 radical (unpaired) electrons. The van der Waals surface area contributed by atoms with Gasteiger partial charge in [-0.1, -0.05) is 6.07 Å². The summed E-state index contributed by atoms with van der Waals surface area (Å²) in [5.74, 6) is 0.276. The summed E-state index contributed by atoms with van der Waals surface area (Å²) in [6, 6.07) is 9.82. The number of benzene rings is 1. The Hall–Kier alpha value is -3.92. The van der Waals surface area contributed by atoms with Crippen LogP contribution in [-0.2, 0) is 4.79 Å². The van der Waals surface area contributed by atoms with Crippen molar-refractivity contribution in [2.45, 2.75) is 38.6 Å². The molecular formula is C29H36FN7O2. The fourth-order valence-electron chi connectivity index (χ4n) is 5.90. The number of rotatable bonds is 6. The number of hydrogen-bond donors (Lipinski definition) is 2. The number of aromatic nitrogens is 3. The number of pyridine rings is 1. The van der Waals surface area contributed by atoms with Crippen molar-refractivity contribution in [3.63, 3.8) is 0 Å². The number of piperidine rings is 2. The van der Waals surface area contributed by atoms with E-state index < -0.39 is 5.82 Å². The maximum absolute atomic E-state index is 14.2. The van der Waals surface area contributed by atoms with Gasteiger partial charge >= 0.3 is 5.69 Å². The van der Waals surface area contributed by atoms with Gasteiger partial charge in [0, 0.05) is 43.4 Å². The number of nitrogens with two attached hydrogens (primary N) is 2. The number of fused-ring (bicyclic) bond motifs is 1. The standard InChI is InChI=1S/C29H36FN7O2/c1-20-3-2-4-27(33-20)37-26-17-23(30)5-6-25(26)36(29(37)39)24-10-15-35(16-11-24)28(38)22-8-13-34(14-9-22)19-21(18-32)7-12-31/h2-7,12,17-18,22,24H,8-11,13-16,19,31-32H2,1H3/b12-7-,21-18+. The largest absolute Gasteiger partial charge is 0.405 e. The smallest absolute Gasteiger partial charge is 0.335 e. The Morgan fingerprint density at radius 2 is 1.79 bits per heavy atom. The number of imidazole rings is 1. The Morgan fingerprint density at radius 3 is 2.46 bits per heavy atom. The maximum atomic E-state index is 14.2. The van der Waals surface area contributed by atoms with Crippen LogP contribution < -0.4 is 17.2 Å². The van der Waals surface area contributed by atoms with Gasteiger partial charge in [0.05, 0.1) is 11.0 Å². The first-order valence-electron chi connectivity index (χ1n) is 13.6. The SMILES string of the molecule is Cc1cccc(-n2c(=O)n(C3CCN(C(=O)C4CCN(CC(/C=C\N)=C/N)CC4)CC3)c3ccc(F)cc32)n1. The van der Waals surface area contributed by atoms with Crippen LogP contribution in [0.2, 0.25) is 0 Å². The molecule has 2 aromatic heterocycles. The second kappa shape index (κ2) is 11.4. The van der Waals surface area contributed by atoms with Crippen LogP contribution in [0.1, 0.15) is 37.4 Å². The quantitative estimate of drug-likeness (QED) is 0.471. The first kappa shape index (κ1) is 26.7. The van der Waals surface area contributed by atoms with Crippen molar-refractivity contribution >= 4 is 16.9 Å². The molecule has 0 unspecified atom stereocenters. The number of amides is 1. The number of halogens is 1. The molecule has 0 saturated carbocycles. The van der Waals surface area contributed by atoms with E-state index in [-0.39, 0.29) is 23.6 Å².